The van der Waals surface area contributed by atoms with Gasteiger partial charge in [-0.15, -0.1) is 0 Å². The lowest BCUT2D eigenvalue weighted by molar-refractivity contribution is -0.0245. The molecule has 1 aliphatic rings. The summed E-state index contributed by atoms with van der Waals surface area (Å²) >= 11 is 0. The van der Waals surface area contributed by atoms with Crippen LogP contribution in [0.2, 0.25) is 0 Å². The van der Waals surface area contributed by atoms with Crippen LogP contribution < -0.4 is 0 Å². The van der Waals surface area contributed by atoms with Crippen molar-refractivity contribution in [2.24, 2.45) is 5.92 Å². The van der Waals surface area contributed by atoms with E-state index in [-0.39, 0.29) is 5.78 Å². The molecule has 0 N–H and O–H groups in total. The number of fused-ring (bicyclic) bond motifs is 1. The van der Waals surface area contributed by atoms with Crippen molar-refractivity contribution < 1.29 is 9.53 Å². The topological polar surface area (TPSA) is 39.2 Å². The Morgan fingerprint density at radius 2 is 2.20 bits per heavy atom. The van der Waals surface area contributed by atoms with Crippen molar-refractivity contribution in [3.05, 3.63) is 42.2 Å². The van der Waals surface area contributed by atoms with Gasteiger partial charge >= 0.3 is 0 Å². The molecule has 0 atom stereocenters. The van der Waals surface area contributed by atoms with Gasteiger partial charge in [0, 0.05) is 36.4 Å². The molecule has 0 amide bonds. The van der Waals surface area contributed by atoms with Crippen LogP contribution in [-0.4, -0.2) is 23.5 Å². The first-order chi connectivity index (χ1) is 9.78. The highest BCUT2D eigenvalue weighted by Gasteiger charge is 2.31. The smallest absolute Gasteiger partial charge is 0.163 e. The minimum absolute atomic E-state index is 0.238. The Labute approximate surface area is 119 Å². The quantitative estimate of drug-likeness (QED) is 0.778. The summed E-state index contributed by atoms with van der Waals surface area (Å²) in [6.45, 7) is 2.78. The van der Waals surface area contributed by atoms with E-state index in [2.05, 4.69) is 4.98 Å². The van der Waals surface area contributed by atoms with Gasteiger partial charge in [-0.2, -0.15) is 0 Å². The Bertz CT molecular complexity index is 612. The fraction of sp³-hybridized carbons (Fsp3) is 0.412. The summed E-state index contributed by atoms with van der Waals surface area (Å²) in [5, 5.41) is 2.03. The number of ketones is 1. The molecule has 1 heterocycles. The highest BCUT2D eigenvalue weighted by molar-refractivity contribution is 6.08. The monoisotopic (exact) mass is 269 g/mol. The minimum Gasteiger partial charge on any atom is -0.378 e. The summed E-state index contributed by atoms with van der Waals surface area (Å²) in [5.41, 5.74) is 0.824. The predicted molar refractivity (Wildman–Crippen MR) is 78.8 cm³/mol. The molecule has 0 radical (unpaired) electrons. The molecule has 3 rings (SSSR count). The van der Waals surface area contributed by atoms with Gasteiger partial charge in [0.1, 0.15) is 0 Å². The molecule has 1 aromatic carbocycles. The molecule has 0 spiro atoms. The van der Waals surface area contributed by atoms with Crippen LogP contribution in [0.15, 0.2) is 36.7 Å². The average molecular weight is 269 g/mol. The van der Waals surface area contributed by atoms with E-state index in [1.165, 1.54) is 0 Å². The van der Waals surface area contributed by atoms with Crippen LogP contribution in [-0.2, 0) is 4.74 Å². The predicted octanol–water partition coefficient (Wildman–Crippen LogP) is 3.62. The second-order valence-corrected chi connectivity index (χ2v) is 5.44. The maximum atomic E-state index is 12.5. The largest absolute Gasteiger partial charge is 0.378 e. The highest BCUT2D eigenvalue weighted by atomic mass is 16.5. The molecule has 0 aliphatic heterocycles. The molecule has 2 aromatic rings. The van der Waals surface area contributed by atoms with E-state index in [0.29, 0.717) is 18.4 Å². The van der Waals surface area contributed by atoms with Gasteiger partial charge in [-0.25, -0.2) is 0 Å². The van der Waals surface area contributed by atoms with Gasteiger partial charge < -0.3 is 4.74 Å². The first-order valence-electron chi connectivity index (χ1n) is 7.25. The van der Waals surface area contributed by atoms with E-state index >= 15 is 0 Å². The zero-order chi connectivity index (χ0) is 13.9. The van der Waals surface area contributed by atoms with Crippen LogP contribution in [0.5, 0.6) is 0 Å². The molecule has 3 nitrogen and oxygen atoms in total. The molecule has 0 saturated heterocycles. The van der Waals surface area contributed by atoms with E-state index in [4.69, 9.17) is 4.74 Å². The molecule has 0 unspecified atom stereocenters. The van der Waals surface area contributed by atoms with Crippen LogP contribution in [0, 0.1) is 5.92 Å². The van der Waals surface area contributed by atoms with Crippen LogP contribution in [0.1, 0.15) is 36.5 Å². The third-order valence-corrected chi connectivity index (χ3v) is 4.05. The number of benzene rings is 1. The number of carbonyl (C=O) groups is 1. The highest BCUT2D eigenvalue weighted by Crippen LogP contribution is 2.34. The Hall–Kier alpha value is -1.74. The maximum Gasteiger partial charge on any atom is 0.163 e. The number of aromatic nitrogens is 1. The lowest BCUT2D eigenvalue weighted by Gasteiger charge is -2.34. The number of carbonyl (C=O) groups excluding carboxylic acids is 1. The molecule has 1 saturated carbocycles. The van der Waals surface area contributed by atoms with Crippen LogP contribution >= 0.6 is 0 Å². The van der Waals surface area contributed by atoms with Crippen molar-refractivity contribution in [3.63, 3.8) is 0 Å². The van der Waals surface area contributed by atoms with Crippen molar-refractivity contribution in [2.75, 3.05) is 6.61 Å². The van der Waals surface area contributed by atoms with E-state index in [1.54, 1.807) is 12.4 Å². The zero-order valence-corrected chi connectivity index (χ0v) is 11.7. The number of nitrogens with zero attached hydrogens (tertiary/aromatic N) is 1. The molecular weight excluding hydrogens is 250 g/mol. The Morgan fingerprint density at radius 3 is 3.00 bits per heavy atom. The second-order valence-electron chi connectivity index (χ2n) is 5.44. The minimum atomic E-state index is 0.238. The van der Waals surface area contributed by atoms with Crippen molar-refractivity contribution in [1.29, 1.82) is 0 Å². The normalized spacial score (nSPS) is 21.6. The van der Waals surface area contributed by atoms with Crippen molar-refractivity contribution in [1.82, 2.24) is 4.98 Å². The Kier molecular flexibility index (Phi) is 3.79. The zero-order valence-electron chi connectivity index (χ0n) is 11.7. The van der Waals surface area contributed by atoms with E-state index < -0.39 is 0 Å². The Balaban J connectivity index is 1.71. The maximum absolute atomic E-state index is 12.5. The molecular formula is C17H19NO2. The SMILES string of the molecule is CCOC1CC(CC(=O)c2cccc3cnccc23)C1. The number of hydrogen-bond donors (Lipinski definition) is 0. The number of hydrogen-bond acceptors (Lipinski definition) is 3. The summed E-state index contributed by atoms with van der Waals surface area (Å²) in [6.07, 6.45) is 6.59. The molecule has 1 fully saturated rings. The summed E-state index contributed by atoms with van der Waals surface area (Å²) in [6, 6.07) is 7.77. The van der Waals surface area contributed by atoms with Gasteiger partial charge in [0.15, 0.2) is 5.78 Å². The first-order valence-corrected chi connectivity index (χ1v) is 7.25. The summed E-state index contributed by atoms with van der Waals surface area (Å²) < 4.78 is 5.55. The molecule has 0 bridgehead atoms. The van der Waals surface area contributed by atoms with Gasteiger partial charge in [-0.05, 0) is 37.1 Å². The van der Waals surface area contributed by atoms with Crippen LogP contribution in [0.4, 0.5) is 0 Å². The van der Waals surface area contributed by atoms with Gasteiger partial charge in [0.2, 0.25) is 0 Å². The number of pyridine rings is 1. The van der Waals surface area contributed by atoms with Crippen LogP contribution in [0.25, 0.3) is 10.8 Å². The van der Waals surface area contributed by atoms with E-state index in [9.17, 15) is 4.79 Å². The van der Waals surface area contributed by atoms with Gasteiger partial charge in [-0.3, -0.25) is 9.78 Å². The lowest BCUT2D eigenvalue weighted by Crippen LogP contribution is -2.32. The molecule has 1 aliphatic carbocycles. The van der Waals surface area contributed by atoms with E-state index in [1.807, 2.05) is 31.2 Å². The molecule has 3 heteroatoms. The second kappa shape index (κ2) is 5.71. The average Bonchev–Trinajstić information content (AvgIpc) is 2.44. The van der Waals surface area contributed by atoms with Gasteiger partial charge in [0.25, 0.3) is 0 Å². The first kappa shape index (κ1) is 13.3. The molecule has 104 valence electrons. The van der Waals surface area contributed by atoms with E-state index in [0.717, 1.165) is 35.8 Å². The Morgan fingerprint density at radius 1 is 1.35 bits per heavy atom. The number of rotatable bonds is 5. The molecule has 1 aromatic heterocycles. The summed E-state index contributed by atoms with van der Waals surface area (Å²) in [5.74, 6) is 0.720. The fourth-order valence-electron chi connectivity index (χ4n) is 2.95. The fourth-order valence-corrected chi connectivity index (χ4v) is 2.95. The lowest BCUT2D eigenvalue weighted by atomic mass is 9.78. The van der Waals surface area contributed by atoms with Gasteiger partial charge in [0.05, 0.1) is 6.10 Å². The van der Waals surface area contributed by atoms with Crippen molar-refractivity contribution in [2.45, 2.75) is 32.3 Å². The van der Waals surface area contributed by atoms with Crippen LogP contribution in [0.3, 0.4) is 0 Å². The third-order valence-electron chi connectivity index (χ3n) is 4.05. The van der Waals surface area contributed by atoms with Crippen molar-refractivity contribution >= 4 is 16.6 Å². The third kappa shape index (κ3) is 2.59. The summed E-state index contributed by atoms with van der Waals surface area (Å²) in [4.78, 5) is 16.6. The number of Topliss-reactive ketones (excluding diaryl/α,β-unsaturated/α-hetero) is 1. The van der Waals surface area contributed by atoms with Gasteiger partial charge in [-0.1, -0.05) is 18.2 Å². The standard InChI is InChI=1S/C17H19NO2/c1-2-20-14-8-12(9-14)10-17(19)16-5-3-4-13-11-18-7-6-15(13)16/h3-7,11-12,14H,2,8-10H2,1H3. The molecule has 20 heavy (non-hydrogen) atoms. The summed E-state index contributed by atoms with van der Waals surface area (Å²) in [7, 11) is 0. The number of ether oxygens (including phenoxy) is 1. The van der Waals surface area contributed by atoms with Crippen molar-refractivity contribution in [3.8, 4) is 0 Å².